The molecule has 2 aromatic rings. The maximum atomic E-state index is 5.94. The van der Waals surface area contributed by atoms with Gasteiger partial charge in [-0.15, -0.1) is 10.2 Å². The van der Waals surface area contributed by atoms with Crippen molar-refractivity contribution in [2.75, 3.05) is 5.32 Å². The number of hydrogen-bond acceptors (Lipinski definition) is 3. The van der Waals surface area contributed by atoms with Crippen molar-refractivity contribution >= 4 is 23.1 Å². The van der Waals surface area contributed by atoms with Gasteiger partial charge < -0.3 is 5.32 Å². The highest BCUT2D eigenvalue weighted by Crippen LogP contribution is 2.23. The second-order valence-corrected chi connectivity index (χ2v) is 5.02. The van der Waals surface area contributed by atoms with Crippen molar-refractivity contribution in [3.8, 4) is 0 Å². The Morgan fingerprint density at radius 3 is 2.37 bits per heavy atom. The molecule has 1 heterocycles. The first-order chi connectivity index (χ1) is 9.11. The van der Waals surface area contributed by atoms with Crippen LogP contribution in [0.5, 0.6) is 0 Å². The lowest BCUT2D eigenvalue weighted by molar-refractivity contribution is 0.922. The fourth-order valence-corrected chi connectivity index (χ4v) is 2.05. The van der Waals surface area contributed by atoms with E-state index in [-0.39, 0.29) is 0 Å². The number of aromatic nitrogens is 2. The molecule has 0 aliphatic carbocycles. The molecule has 0 radical (unpaired) electrons. The fourth-order valence-electron chi connectivity index (χ4n) is 1.88. The van der Waals surface area contributed by atoms with E-state index in [1.54, 1.807) is 0 Å². The van der Waals surface area contributed by atoms with E-state index in [1.165, 1.54) is 5.56 Å². The number of rotatable bonds is 4. The number of benzene rings is 1. The summed E-state index contributed by atoms with van der Waals surface area (Å²) in [6, 6.07) is 8.40. The van der Waals surface area contributed by atoms with Crippen LogP contribution in [0.3, 0.4) is 0 Å². The second kappa shape index (κ2) is 6.02. The first-order valence-corrected chi connectivity index (χ1v) is 6.85. The van der Waals surface area contributed by atoms with E-state index in [0.717, 1.165) is 35.5 Å². The van der Waals surface area contributed by atoms with Crippen LogP contribution in [0.25, 0.3) is 0 Å². The summed E-state index contributed by atoms with van der Waals surface area (Å²) in [5.74, 6) is 0.755. The Labute approximate surface area is 119 Å². The van der Waals surface area contributed by atoms with Crippen LogP contribution in [0, 0.1) is 13.8 Å². The van der Waals surface area contributed by atoms with Crippen molar-refractivity contribution in [1.82, 2.24) is 10.2 Å². The van der Waals surface area contributed by atoms with Gasteiger partial charge in [0.2, 0.25) is 0 Å². The Hall–Kier alpha value is -1.61. The molecular formula is C15H18ClN3. The van der Waals surface area contributed by atoms with Gasteiger partial charge in [-0.2, -0.15) is 0 Å². The van der Waals surface area contributed by atoms with Gasteiger partial charge in [0, 0.05) is 5.69 Å². The summed E-state index contributed by atoms with van der Waals surface area (Å²) in [5.41, 5.74) is 4.35. The highest BCUT2D eigenvalue weighted by molar-refractivity contribution is 6.30. The SMILES string of the molecule is CCCc1ccc(Nc2nnc(Cl)c(C)c2C)cc1. The average molecular weight is 276 g/mol. The van der Waals surface area contributed by atoms with Gasteiger partial charge in [-0.25, -0.2) is 0 Å². The minimum atomic E-state index is 0.460. The fraction of sp³-hybridized carbons (Fsp3) is 0.333. The minimum absolute atomic E-state index is 0.460. The standard InChI is InChI=1S/C15H18ClN3/c1-4-5-12-6-8-13(9-7-12)17-15-11(3)10(2)14(16)18-19-15/h6-9H,4-5H2,1-3H3,(H,17,19). The highest BCUT2D eigenvalue weighted by atomic mass is 35.5. The molecule has 0 bridgehead atoms. The zero-order valence-corrected chi connectivity index (χ0v) is 12.3. The predicted octanol–water partition coefficient (Wildman–Crippen LogP) is 4.44. The Balaban J connectivity index is 2.19. The molecule has 1 aromatic carbocycles. The van der Waals surface area contributed by atoms with Crippen LogP contribution in [0.4, 0.5) is 11.5 Å². The van der Waals surface area contributed by atoms with Crippen LogP contribution in [-0.2, 0) is 6.42 Å². The maximum Gasteiger partial charge on any atom is 0.156 e. The Bertz CT molecular complexity index is 564. The third-order valence-corrected chi connectivity index (χ3v) is 3.58. The quantitative estimate of drug-likeness (QED) is 0.896. The summed E-state index contributed by atoms with van der Waals surface area (Å²) in [7, 11) is 0. The summed E-state index contributed by atoms with van der Waals surface area (Å²) in [5, 5.41) is 11.8. The molecule has 0 unspecified atom stereocenters. The number of nitrogens with one attached hydrogen (secondary N) is 1. The van der Waals surface area contributed by atoms with Crippen LogP contribution in [0.1, 0.15) is 30.0 Å². The molecule has 1 aromatic heterocycles. The van der Waals surface area contributed by atoms with Crippen molar-refractivity contribution in [3.05, 3.63) is 46.1 Å². The zero-order chi connectivity index (χ0) is 13.8. The summed E-state index contributed by atoms with van der Waals surface area (Å²) in [6.07, 6.45) is 2.27. The van der Waals surface area contributed by atoms with E-state index >= 15 is 0 Å². The molecule has 0 aliphatic rings. The zero-order valence-electron chi connectivity index (χ0n) is 11.5. The normalized spacial score (nSPS) is 10.5. The molecule has 0 saturated carbocycles. The van der Waals surface area contributed by atoms with Crippen LogP contribution in [0.2, 0.25) is 5.15 Å². The van der Waals surface area contributed by atoms with E-state index in [2.05, 4.69) is 46.7 Å². The van der Waals surface area contributed by atoms with Gasteiger partial charge in [-0.1, -0.05) is 37.1 Å². The molecule has 0 saturated heterocycles. The largest absolute Gasteiger partial charge is 0.339 e. The van der Waals surface area contributed by atoms with Crippen molar-refractivity contribution in [3.63, 3.8) is 0 Å². The Morgan fingerprint density at radius 2 is 1.74 bits per heavy atom. The third-order valence-electron chi connectivity index (χ3n) is 3.22. The monoisotopic (exact) mass is 275 g/mol. The van der Waals surface area contributed by atoms with Gasteiger partial charge in [-0.05, 0) is 49.1 Å². The number of halogens is 1. The van der Waals surface area contributed by atoms with E-state index in [4.69, 9.17) is 11.6 Å². The summed E-state index contributed by atoms with van der Waals surface area (Å²) < 4.78 is 0. The summed E-state index contributed by atoms with van der Waals surface area (Å²) in [6.45, 7) is 6.12. The first kappa shape index (κ1) is 13.8. The third kappa shape index (κ3) is 3.24. The lowest BCUT2D eigenvalue weighted by Crippen LogP contribution is -2.01. The molecule has 3 nitrogen and oxygen atoms in total. The molecule has 19 heavy (non-hydrogen) atoms. The maximum absolute atomic E-state index is 5.94. The molecule has 0 fully saturated rings. The minimum Gasteiger partial charge on any atom is -0.339 e. The summed E-state index contributed by atoms with van der Waals surface area (Å²) >= 11 is 5.94. The van der Waals surface area contributed by atoms with Crippen molar-refractivity contribution in [2.45, 2.75) is 33.6 Å². The lowest BCUT2D eigenvalue weighted by atomic mass is 10.1. The molecule has 2 rings (SSSR count). The van der Waals surface area contributed by atoms with Crippen LogP contribution >= 0.6 is 11.6 Å². The van der Waals surface area contributed by atoms with Gasteiger partial charge in [0.25, 0.3) is 0 Å². The molecule has 1 N–H and O–H groups in total. The molecular weight excluding hydrogens is 258 g/mol. The van der Waals surface area contributed by atoms with Crippen LogP contribution < -0.4 is 5.32 Å². The van der Waals surface area contributed by atoms with Crippen LogP contribution in [0.15, 0.2) is 24.3 Å². The number of hydrogen-bond donors (Lipinski definition) is 1. The van der Waals surface area contributed by atoms with Crippen molar-refractivity contribution < 1.29 is 0 Å². The molecule has 0 spiro atoms. The van der Waals surface area contributed by atoms with Gasteiger partial charge >= 0.3 is 0 Å². The first-order valence-electron chi connectivity index (χ1n) is 6.47. The van der Waals surface area contributed by atoms with E-state index < -0.39 is 0 Å². The molecule has 0 amide bonds. The van der Waals surface area contributed by atoms with Gasteiger partial charge in [0.15, 0.2) is 11.0 Å². The molecule has 0 atom stereocenters. The van der Waals surface area contributed by atoms with E-state index in [1.807, 2.05) is 13.8 Å². The van der Waals surface area contributed by atoms with Crippen molar-refractivity contribution in [2.24, 2.45) is 0 Å². The van der Waals surface area contributed by atoms with Gasteiger partial charge in [0.05, 0.1) is 0 Å². The molecule has 4 heteroatoms. The number of anilines is 2. The molecule has 0 aliphatic heterocycles. The van der Waals surface area contributed by atoms with Gasteiger partial charge in [0.1, 0.15) is 0 Å². The Morgan fingerprint density at radius 1 is 1.05 bits per heavy atom. The lowest BCUT2D eigenvalue weighted by Gasteiger charge is -2.10. The smallest absolute Gasteiger partial charge is 0.156 e. The second-order valence-electron chi connectivity index (χ2n) is 4.66. The summed E-state index contributed by atoms with van der Waals surface area (Å²) in [4.78, 5) is 0. The van der Waals surface area contributed by atoms with E-state index in [9.17, 15) is 0 Å². The average Bonchev–Trinajstić information content (AvgIpc) is 2.42. The predicted molar refractivity (Wildman–Crippen MR) is 80.2 cm³/mol. The topological polar surface area (TPSA) is 37.8 Å². The number of nitrogens with zero attached hydrogens (tertiary/aromatic N) is 2. The molecule has 100 valence electrons. The van der Waals surface area contributed by atoms with Crippen molar-refractivity contribution in [1.29, 1.82) is 0 Å². The Kier molecular flexibility index (Phi) is 4.38. The van der Waals surface area contributed by atoms with Gasteiger partial charge in [-0.3, -0.25) is 0 Å². The van der Waals surface area contributed by atoms with E-state index in [0.29, 0.717) is 5.15 Å². The highest BCUT2D eigenvalue weighted by Gasteiger charge is 2.08. The van der Waals surface area contributed by atoms with Crippen LogP contribution in [-0.4, -0.2) is 10.2 Å². The number of aryl methyl sites for hydroxylation is 1.